The van der Waals surface area contributed by atoms with Gasteiger partial charge in [0.25, 0.3) is 0 Å². The van der Waals surface area contributed by atoms with Crippen LogP contribution in [0.3, 0.4) is 0 Å². The fourth-order valence-corrected chi connectivity index (χ4v) is 2.49. The quantitative estimate of drug-likeness (QED) is 0.417. The predicted molar refractivity (Wildman–Crippen MR) is 98.3 cm³/mol. The van der Waals surface area contributed by atoms with Crippen molar-refractivity contribution in [2.45, 2.75) is 39.8 Å². The van der Waals surface area contributed by atoms with Gasteiger partial charge in [-0.25, -0.2) is 0 Å². The smallest absolute Gasteiger partial charge is 0.191 e. The number of benzene rings is 1. The molecule has 0 aliphatic rings. The molecular weight excluding hydrogens is 288 g/mol. The molecule has 0 aliphatic carbocycles. The first-order valence-electron chi connectivity index (χ1n) is 8.42. The van der Waals surface area contributed by atoms with Crippen LogP contribution in [0.5, 0.6) is 5.75 Å². The van der Waals surface area contributed by atoms with Crippen molar-refractivity contribution >= 4 is 5.96 Å². The van der Waals surface area contributed by atoms with Crippen LogP contribution < -0.4 is 15.4 Å². The molecule has 130 valence electrons. The number of nitrogens with one attached hydrogen (secondary N) is 2. The van der Waals surface area contributed by atoms with Crippen LogP contribution in [0.1, 0.15) is 27.7 Å². The van der Waals surface area contributed by atoms with Crippen molar-refractivity contribution < 1.29 is 4.74 Å². The van der Waals surface area contributed by atoms with Crippen LogP contribution in [0.2, 0.25) is 0 Å². The first-order valence-corrected chi connectivity index (χ1v) is 8.42. The zero-order valence-corrected chi connectivity index (χ0v) is 15.2. The molecule has 0 radical (unpaired) electrons. The molecule has 0 spiro atoms. The van der Waals surface area contributed by atoms with Crippen molar-refractivity contribution in [1.82, 2.24) is 15.5 Å². The maximum absolute atomic E-state index is 5.65. The lowest BCUT2D eigenvalue weighted by molar-refractivity contribution is 0.178. The highest BCUT2D eigenvalue weighted by Gasteiger charge is 2.12. The van der Waals surface area contributed by atoms with Gasteiger partial charge in [-0.15, -0.1) is 0 Å². The van der Waals surface area contributed by atoms with E-state index in [1.165, 1.54) is 0 Å². The van der Waals surface area contributed by atoms with Gasteiger partial charge in [-0.1, -0.05) is 18.2 Å². The number of guanidine groups is 1. The lowest BCUT2D eigenvalue weighted by Gasteiger charge is -2.30. The normalized spacial score (nSPS) is 12.1. The second kappa shape index (κ2) is 10.9. The molecule has 0 atom stereocenters. The van der Waals surface area contributed by atoms with E-state index in [4.69, 9.17) is 4.74 Å². The van der Waals surface area contributed by atoms with Crippen molar-refractivity contribution in [2.75, 3.05) is 33.3 Å². The molecule has 0 amide bonds. The highest BCUT2D eigenvalue weighted by atomic mass is 16.5. The first-order chi connectivity index (χ1) is 11.0. The van der Waals surface area contributed by atoms with Crippen LogP contribution in [-0.2, 0) is 0 Å². The van der Waals surface area contributed by atoms with E-state index in [9.17, 15) is 0 Å². The first kappa shape index (κ1) is 19.3. The fraction of sp³-hybridized carbons (Fsp3) is 0.611. The Morgan fingerprint density at radius 2 is 1.65 bits per heavy atom. The Balaban J connectivity index is 2.22. The Labute approximate surface area is 141 Å². The monoisotopic (exact) mass is 320 g/mol. The molecule has 23 heavy (non-hydrogen) atoms. The number of hydrogen-bond acceptors (Lipinski definition) is 3. The Bertz CT molecular complexity index is 438. The average molecular weight is 320 g/mol. The second-order valence-corrected chi connectivity index (χ2v) is 6.01. The number of ether oxygens (including phenoxy) is 1. The van der Waals surface area contributed by atoms with Crippen molar-refractivity contribution in [3.05, 3.63) is 30.3 Å². The van der Waals surface area contributed by atoms with E-state index in [1.54, 1.807) is 7.05 Å². The second-order valence-electron chi connectivity index (χ2n) is 6.01. The van der Waals surface area contributed by atoms with Gasteiger partial charge in [0, 0.05) is 32.2 Å². The van der Waals surface area contributed by atoms with Gasteiger partial charge in [0.15, 0.2) is 5.96 Å². The Morgan fingerprint density at radius 3 is 2.22 bits per heavy atom. The summed E-state index contributed by atoms with van der Waals surface area (Å²) in [4.78, 5) is 6.70. The maximum Gasteiger partial charge on any atom is 0.191 e. The SMILES string of the molecule is CN=C(NCCOc1ccccc1)NCCN(C(C)C)C(C)C. The Hall–Kier alpha value is -1.75. The minimum atomic E-state index is 0.547. The van der Waals surface area contributed by atoms with E-state index < -0.39 is 0 Å². The number of para-hydroxylation sites is 1. The molecule has 0 aliphatic heterocycles. The average Bonchev–Trinajstić information content (AvgIpc) is 2.53. The molecule has 0 unspecified atom stereocenters. The van der Waals surface area contributed by atoms with E-state index >= 15 is 0 Å². The molecule has 0 saturated heterocycles. The van der Waals surface area contributed by atoms with Crippen molar-refractivity contribution in [3.8, 4) is 5.75 Å². The van der Waals surface area contributed by atoms with E-state index in [0.717, 1.165) is 24.8 Å². The van der Waals surface area contributed by atoms with Gasteiger partial charge in [0.05, 0.1) is 6.54 Å². The van der Waals surface area contributed by atoms with Crippen molar-refractivity contribution in [1.29, 1.82) is 0 Å². The summed E-state index contributed by atoms with van der Waals surface area (Å²) in [6.07, 6.45) is 0. The van der Waals surface area contributed by atoms with Gasteiger partial charge in [0.2, 0.25) is 0 Å². The largest absolute Gasteiger partial charge is 0.492 e. The fourth-order valence-electron chi connectivity index (χ4n) is 2.49. The number of hydrogen-bond donors (Lipinski definition) is 2. The lowest BCUT2D eigenvalue weighted by Crippen LogP contribution is -2.45. The van der Waals surface area contributed by atoms with Crippen molar-refractivity contribution in [2.24, 2.45) is 4.99 Å². The molecule has 0 aromatic heterocycles. The van der Waals surface area contributed by atoms with Crippen LogP contribution in [0, 0.1) is 0 Å². The highest BCUT2D eigenvalue weighted by Crippen LogP contribution is 2.07. The Kier molecular flexibility index (Phi) is 9.14. The van der Waals surface area contributed by atoms with Gasteiger partial charge in [-0.05, 0) is 39.8 Å². The third kappa shape index (κ3) is 7.88. The van der Waals surface area contributed by atoms with Gasteiger partial charge in [0.1, 0.15) is 12.4 Å². The van der Waals surface area contributed by atoms with E-state index in [-0.39, 0.29) is 0 Å². The maximum atomic E-state index is 5.65. The molecule has 0 heterocycles. The molecular formula is C18H32N4O. The predicted octanol–water partition coefficient (Wildman–Crippen LogP) is 2.35. The molecule has 2 N–H and O–H groups in total. The molecule has 0 fully saturated rings. The van der Waals surface area contributed by atoms with Crippen LogP contribution in [-0.4, -0.2) is 56.2 Å². The van der Waals surface area contributed by atoms with Crippen LogP contribution in [0.15, 0.2) is 35.3 Å². The summed E-state index contributed by atoms with van der Waals surface area (Å²) >= 11 is 0. The van der Waals surface area contributed by atoms with Crippen LogP contribution >= 0.6 is 0 Å². The molecule has 1 rings (SSSR count). The third-order valence-electron chi connectivity index (χ3n) is 3.62. The number of rotatable bonds is 9. The van der Waals surface area contributed by atoms with Gasteiger partial charge >= 0.3 is 0 Å². The molecule has 0 saturated carbocycles. The topological polar surface area (TPSA) is 48.9 Å². The number of aliphatic imine (C=N–C) groups is 1. The van der Waals surface area contributed by atoms with Crippen LogP contribution in [0.25, 0.3) is 0 Å². The summed E-state index contributed by atoms with van der Waals surface area (Å²) in [5.41, 5.74) is 0. The molecule has 5 nitrogen and oxygen atoms in total. The van der Waals surface area contributed by atoms with E-state index in [2.05, 4.69) is 48.2 Å². The molecule has 1 aromatic carbocycles. The van der Waals surface area contributed by atoms with Crippen molar-refractivity contribution in [3.63, 3.8) is 0 Å². The summed E-state index contributed by atoms with van der Waals surface area (Å²) in [5.74, 6) is 1.70. The third-order valence-corrected chi connectivity index (χ3v) is 3.62. The van der Waals surface area contributed by atoms with Gasteiger partial charge in [-0.3, -0.25) is 9.89 Å². The molecule has 0 bridgehead atoms. The minimum Gasteiger partial charge on any atom is -0.492 e. The van der Waals surface area contributed by atoms with Crippen LogP contribution in [0.4, 0.5) is 0 Å². The number of nitrogens with zero attached hydrogens (tertiary/aromatic N) is 2. The molecule has 1 aromatic rings. The molecule has 5 heteroatoms. The Morgan fingerprint density at radius 1 is 1.04 bits per heavy atom. The minimum absolute atomic E-state index is 0.547. The standard InChI is InChI=1S/C18H32N4O/c1-15(2)22(16(3)4)13-11-20-18(19-5)21-12-14-23-17-9-7-6-8-10-17/h6-10,15-16H,11-14H2,1-5H3,(H2,19,20,21). The zero-order valence-electron chi connectivity index (χ0n) is 15.2. The highest BCUT2D eigenvalue weighted by molar-refractivity contribution is 5.79. The van der Waals surface area contributed by atoms with E-state index in [0.29, 0.717) is 25.2 Å². The lowest BCUT2D eigenvalue weighted by atomic mass is 10.2. The van der Waals surface area contributed by atoms with Gasteiger partial charge in [-0.2, -0.15) is 0 Å². The summed E-state index contributed by atoms with van der Waals surface area (Å²) in [7, 11) is 1.79. The zero-order chi connectivity index (χ0) is 17.1. The summed E-state index contributed by atoms with van der Waals surface area (Å²) in [6.45, 7) is 12.1. The van der Waals surface area contributed by atoms with Gasteiger partial charge < -0.3 is 15.4 Å². The summed E-state index contributed by atoms with van der Waals surface area (Å²) < 4.78 is 5.65. The summed E-state index contributed by atoms with van der Waals surface area (Å²) in [6, 6.07) is 10.9. The van der Waals surface area contributed by atoms with E-state index in [1.807, 2.05) is 30.3 Å². The summed E-state index contributed by atoms with van der Waals surface area (Å²) in [5, 5.41) is 6.62.